The van der Waals surface area contributed by atoms with E-state index in [2.05, 4.69) is 20.9 Å². The fourth-order valence-corrected chi connectivity index (χ4v) is 4.40. The van der Waals surface area contributed by atoms with Crippen molar-refractivity contribution < 1.29 is 23.8 Å². The van der Waals surface area contributed by atoms with Crippen LogP contribution in [0.2, 0.25) is 0 Å². The second-order valence-electron chi connectivity index (χ2n) is 9.28. The van der Waals surface area contributed by atoms with E-state index in [4.69, 9.17) is 25.1 Å². The highest BCUT2D eigenvalue weighted by molar-refractivity contribution is 6.00. The van der Waals surface area contributed by atoms with Gasteiger partial charge in [0.05, 0.1) is 13.2 Å². The number of hydrogen-bond acceptors (Lipinski definition) is 7. The van der Waals surface area contributed by atoms with Crippen molar-refractivity contribution in [3.05, 3.63) is 111 Å². The summed E-state index contributed by atoms with van der Waals surface area (Å²) < 4.78 is 25.8. The molecule has 0 unspecified atom stereocenters. The molecule has 0 saturated heterocycles. The van der Waals surface area contributed by atoms with E-state index in [-0.39, 0.29) is 31.9 Å². The van der Waals surface area contributed by atoms with Crippen LogP contribution < -0.4 is 15.6 Å². The molecule has 10 nitrogen and oxygen atoms in total. The number of ether oxygens (including phenoxy) is 2. The molecule has 3 aromatic rings. The molecule has 1 aliphatic rings. The summed E-state index contributed by atoms with van der Waals surface area (Å²) in [6.45, 7) is 2.41. The fraction of sp³-hybridized carbons (Fsp3) is 0.310. The summed E-state index contributed by atoms with van der Waals surface area (Å²) in [4.78, 5) is 21.5. The van der Waals surface area contributed by atoms with Gasteiger partial charge in [-0.25, -0.2) is 14.8 Å². The van der Waals surface area contributed by atoms with E-state index in [9.17, 15) is 9.18 Å². The number of nitrogens with zero attached hydrogens (tertiary/aromatic N) is 4. The molecule has 0 spiro atoms. The molecule has 0 aromatic heterocycles. The third-order valence-electron chi connectivity index (χ3n) is 6.65. The molecule has 208 valence electrons. The van der Waals surface area contributed by atoms with Crippen LogP contribution in [0.15, 0.2) is 82.9 Å². The molecule has 0 bridgehead atoms. The summed E-state index contributed by atoms with van der Waals surface area (Å²) in [6, 6.07) is 20.8. The van der Waals surface area contributed by atoms with Crippen molar-refractivity contribution in [2.45, 2.75) is 44.5 Å². The Morgan fingerprint density at radius 2 is 1.82 bits per heavy atom. The van der Waals surface area contributed by atoms with Crippen molar-refractivity contribution in [1.29, 1.82) is 0 Å². The molecule has 11 heteroatoms. The Morgan fingerprint density at radius 1 is 1.12 bits per heavy atom. The molecule has 0 saturated carbocycles. The van der Waals surface area contributed by atoms with Gasteiger partial charge in [-0.2, -0.15) is 0 Å². The number of carbonyl (C=O) groups excluding carboxylic acids is 1. The quantitative estimate of drug-likeness (QED) is 0.0960. The minimum atomic E-state index is -1.37. The van der Waals surface area contributed by atoms with Crippen LogP contribution in [0.25, 0.3) is 10.4 Å². The molecule has 1 heterocycles. The van der Waals surface area contributed by atoms with Gasteiger partial charge in [-0.05, 0) is 53.9 Å². The predicted molar refractivity (Wildman–Crippen MR) is 148 cm³/mol. The highest BCUT2D eigenvalue weighted by atomic mass is 19.1. The highest BCUT2D eigenvalue weighted by Crippen LogP contribution is 2.33. The lowest BCUT2D eigenvalue weighted by molar-refractivity contribution is -0.129. The largest absolute Gasteiger partial charge is 0.494 e. The van der Waals surface area contributed by atoms with Gasteiger partial charge in [0.2, 0.25) is 5.90 Å². The first-order valence-corrected chi connectivity index (χ1v) is 12.9. The predicted octanol–water partition coefficient (Wildman–Crippen LogP) is 4.37. The molecular formula is C29H31FN6O4. The molecule has 1 amide bonds. The Morgan fingerprint density at radius 3 is 2.52 bits per heavy atom. The summed E-state index contributed by atoms with van der Waals surface area (Å²) in [7, 11) is 0. The molecule has 0 radical (unpaired) electrons. The fourth-order valence-electron chi connectivity index (χ4n) is 4.40. The monoisotopic (exact) mass is 546 g/mol. The maximum absolute atomic E-state index is 14.1. The van der Waals surface area contributed by atoms with E-state index in [0.29, 0.717) is 35.8 Å². The smallest absolute Gasteiger partial charge is 0.266 e. The molecule has 3 aromatic carbocycles. The second-order valence-corrected chi connectivity index (χ2v) is 9.28. The summed E-state index contributed by atoms with van der Waals surface area (Å²) >= 11 is 0. The van der Waals surface area contributed by atoms with E-state index in [1.807, 2.05) is 24.3 Å². The summed E-state index contributed by atoms with van der Waals surface area (Å²) in [5.41, 5.74) is 15.6. The van der Waals surface area contributed by atoms with Crippen LogP contribution in [0.4, 0.5) is 4.39 Å². The molecule has 0 fully saturated rings. The number of hydrogen-bond donors (Lipinski definition) is 3. The lowest BCUT2D eigenvalue weighted by atomic mass is 9.84. The van der Waals surface area contributed by atoms with Crippen LogP contribution >= 0.6 is 0 Å². The first-order valence-electron chi connectivity index (χ1n) is 12.9. The van der Waals surface area contributed by atoms with Crippen molar-refractivity contribution in [2.24, 2.45) is 10.1 Å². The van der Waals surface area contributed by atoms with Gasteiger partial charge in [-0.15, -0.1) is 0 Å². The molecule has 4 rings (SSSR count). The van der Waals surface area contributed by atoms with Gasteiger partial charge >= 0.3 is 0 Å². The van der Waals surface area contributed by atoms with E-state index >= 15 is 0 Å². The molecule has 2 atom stereocenters. The molecule has 3 N–H and O–H groups in total. The number of aliphatic hydroxyl groups excluding tert-OH is 1. The first kappa shape index (κ1) is 28.6. The van der Waals surface area contributed by atoms with Crippen molar-refractivity contribution >= 4 is 11.8 Å². The maximum atomic E-state index is 14.1. The summed E-state index contributed by atoms with van der Waals surface area (Å²) in [5.74, 6) is 0.102. The number of carbonyl (C=O) groups is 1. The average molecular weight is 547 g/mol. The van der Waals surface area contributed by atoms with E-state index in [0.717, 1.165) is 11.1 Å². The number of benzene rings is 3. The average Bonchev–Trinajstić information content (AvgIpc) is 3.30. The zero-order chi connectivity index (χ0) is 28.4. The van der Waals surface area contributed by atoms with Crippen LogP contribution in [0, 0.1) is 5.82 Å². The van der Waals surface area contributed by atoms with Gasteiger partial charge in [-0.3, -0.25) is 10.2 Å². The van der Waals surface area contributed by atoms with Crippen LogP contribution in [-0.2, 0) is 29.0 Å². The number of rotatable bonds is 13. The normalized spacial score (nSPS) is 17.9. The number of nitrogens with one attached hydrogen (secondary N) is 2. The van der Waals surface area contributed by atoms with Gasteiger partial charge in [-0.1, -0.05) is 47.6 Å². The summed E-state index contributed by atoms with van der Waals surface area (Å²) in [5, 5.41) is 12.6. The van der Waals surface area contributed by atoms with Gasteiger partial charge in [0.15, 0.2) is 5.54 Å². The number of aliphatic hydroxyl groups is 1. The Labute approximate surface area is 231 Å². The van der Waals surface area contributed by atoms with Gasteiger partial charge < -0.3 is 14.6 Å². The third kappa shape index (κ3) is 6.76. The van der Waals surface area contributed by atoms with E-state index < -0.39 is 17.6 Å². The number of halogens is 1. The van der Waals surface area contributed by atoms with Gasteiger partial charge in [0, 0.05) is 42.0 Å². The number of aliphatic imine (C=N–C) groups is 1. The first-order chi connectivity index (χ1) is 19.5. The highest BCUT2D eigenvalue weighted by Gasteiger charge is 2.50. The summed E-state index contributed by atoms with van der Waals surface area (Å²) in [6.07, 6.45) is 0.0363. The van der Waals surface area contributed by atoms with Gasteiger partial charge in [0.25, 0.3) is 5.91 Å². The Balaban J connectivity index is 1.62. The van der Waals surface area contributed by atoms with E-state index in [1.165, 1.54) is 6.07 Å². The van der Waals surface area contributed by atoms with Crippen LogP contribution in [-0.4, -0.2) is 41.8 Å². The molecule has 0 aliphatic carbocycles. The van der Waals surface area contributed by atoms with Crippen LogP contribution in [0.3, 0.4) is 0 Å². The van der Waals surface area contributed by atoms with Crippen molar-refractivity contribution in [1.82, 2.24) is 10.9 Å². The lowest BCUT2D eigenvalue weighted by Crippen LogP contribution is -2.55. The molecule has 40 heavy (non-hydrogen) atoms. The van der Waals surface area contributed by atoms with E-state index in [1.54, 1.807) is 49.4 Å². The van der Waals surface area contributed by atoms with Crippen molar-refractivity contribution in [3.8, 4) is 5.75 Å². The van der Waals surface area contributed by atoms with Crippen LogP contribution in [0.1, 0.15) is 35.6 Å². The zero-order valence-electron chi connectivity index (χ0n) is 22.1. The van der Waals surface area contributed by atoms with Gasteiger partial charge in [0.1, 0.15) is 17.7 Å². The number of hydrazine groups is 1. The Bertz CT molecular complexity index is 1390. The second kappa shape index (κ2) is 13.6. The Hall–Kier alpha value is -4.44. The standard InChI is InChI=1S/C29H31FN6O4/c1-20-29(17-22-7-2-3-8-23(22)18-33-36-31,28(38)35-32-19-24-9-4-5-10-26(24)30)34-27(40-20)21-11-13-25(14-12-21)39-16-6-15-37/h2-5,7-14,20,32,37H,6,15-19H2,1H3,(H,35,38)/t20-,29-/m0/s1. The molecule has 1 aliphatic heterocycles. The SMILES string of the molecule is C[C@@H]1OC(c2ccc(OCCCO)cc2)=N[C@]1(Cc1ccccc1CN=[N+]=[N-])C(=O)NNCc1ccccc1F. The zero-order valence-corrected chi connectivity index (χ0v) is 22.1. The molecular weight excluding hydrogens is 515 g/mol. The minimum absolute atomic E-state index is 0.0475. The maximum Gasteiger partial charge on any atom is 0.266 e. The number of amides is 1. The topological polar surface area (TPSA) is 141 Å². The number of azide groups is 1. The Kier molecular flexibility index (Phi) is 9.69. The van der Waals surface area contributed by atoms with Crippen LogP contribution in [0.5, 0.6) is 5.75 Å². The third-order valence-corrected chi connectivity index (χ3v) is 6.65. The van der Waals surface area contributed by atoms with Crippen molar-refractivity contribution in [3.63, 3.8) is 0 Å². The lowest BCUT2D eigenvalue weighted by Gasteiger charge is -2.29. The minimum Gasteiger partial charge on any atom is -0.494 e. The van der Waals surface area contributed by atoms with Crippen molar-refractivity contribution in [2.75, 3.05) is 13.2 Å².